The molecule has 9 nitrogen and oxygen atoms in total. The quantitative estimate of drug-likeness (QED) is 0.249. The summed E-state index contributed by atoms with van der Waals surface area (Å²) in [6.07, 6.45) is 7.27. The van der Waals surface area contributed by atoms with Gasteiger partial charge in [0.05, 0.1) is 36.3 Å². The summed E-state index contributed by atoms with van der Waals surface area (Å²) in [6, 6.07) is 14.6. The number of fused-ring (bicyclic) bond motifs is 1. The summed E-state index contributed by atoms with van der Waals surface area (Å²) in [5.74, 6) is -0.473. The lowest BCUT2D eigenvalue weighted by Crippen LogP contribution is -2.41. The zero-order chi connectivity index (χ0) is 24.9. The van der Waals surface area contributed by atoms with Crippen LogP contribution in [0.25, 0.3) is 10.9 Å². The Hall–Kier alpha value is -3.95. The average molecular weight is 487 g/mol. The van der Waals surface area contributed by atoms with E-state index in [2.05, 4.69) is 48.7 Å². The second kappa shape index (κ2) is 10.8. The molecule has 5 N–H and O–H groups in total. The minimum atomic E-state index is -0.482. The van der Waals surface area contributed by atoms with Crippen molar-refractivity contribution in [2.75, 3.05) is 18.5 Å². The topological polar surface area (TPSA) is 126 Å². The minimum Gasteiger partial charge on any atom is -0.394 e. The van der Waals surface area contributed by atoms with Gasteiger partial charge in [0.2, 0.25) is 5.91 Å². The fourth-order valence-corrected chi connectivity index (χ4v) is 4.84. The normalized spacial score (nSPS) is 16.8. The number of benzene rings is 2. The van der Waals surface area contributed by atoms with E-state index in [4.69, 9.17) is 0 Å². The summed E-state index contributed by atoms with van der Waals surface area (Å²) < 4.78 is 0. The molecule has 5 rings (SSSR count). The lowest BCUT2D eigenvalue weighted by molar-refractivity contribution is -0.120. The Balaban J connectivity index is 1.25. The number of aromatic nitrogens is 3. The number of hydrogen-bond donors (Lipinski definition) is 5. The van der Waals surface area contributed by atoms with Gasteiger partial charge in [-0.25, -0.2) is 4.98 Å². The summed E-state index contributed by atoms with van der Waals surface area (Å²) in [7, 11) is 0. The van der Waals surface area contributed by atoms with Crippen LogP contribution in [0.15, 0.2) is 67.3 Å². The number of aliphatic hydroxyl groups excluding tert-OH is 1. The maximum absolute atomic E-state index is 13.3. The molecule has 1 fully saturated rings. The first kappa shape index (κ1) is 23.8. The Kier molecular flexibility index (Phi) is 7.11. The Bertz CT molecular complexity index is 1330. The van der Waals surface area contributed by atoms with Crippen molar-refractivity contribution in [3.8, 4) is 0 Å². The van der Waals surface area contributed by atoms with Crippen LogP contribution in [0, 0.1) is 0 Å². The number of nitrogens with one attached hydrogen (secondary N) is 4. The average Bonchev–Trinajstić information content (AvgIpc) is 3.66. The number of hydrogen-bond acceptors (Lipinski definition) is 5. The van der Waals surface area contributed by atoms with E-state index >= 15 is 0 Å². The predicted octanol–water partition coefficient (Wildman–Crippen LogP) is 2.83. The van der Waals surface area contributed by atoms with Gasteiger partial charge in [0, 0.05) is 36.6 Å². The molecule has 36 heavy (non-hydrogen) atoms. The number of H-pyrrole nitrogens is 2. The van der Waals surface area contributed by atoms with Crippen LogP contribution in [0.1, 0.15) is 34.5 Å². The van der Waals surface area contributed by atoms with Gasteiger partial charge in [0.1, 0.15) is 0 Å². The first-order chi connectivity index (χ1) is 17.6. The van der Waals surface area contributed by atoms with Crippen LogP contribution < -0.4 is 10.6 Å². The third-order valence-electron chi connectivity index (χ3n) is 6.68. The van der Waals surface area contributed by atoms with Crippen LogP contribution in [-0.2, 0) is 17.8 Å². The molecular formula is C27H30N6O3. The van der Waals surface area contributed by atoms with E-state index in [9.17, 15) is 14.7 Å². The van der Waals surface area contributed by atoms with Crippen LogP contribution in [0.2, 0.25) is 0 Å². The van der Waals surface area contributed by atoms with Crippen molar-refractivity contribution in [1.29, 1.82) is 0 Å². The van der Waals surface area contributed by atoms with Crippen molar-refractivity contribution in [3.05, 3.63) is 84.1 Å². The van der Waals surface area contributed by atoms with Crippen molar-refractivity contribution in [2.45, 2.75) is 37.9 Å². The smallest absolute Gasteiger partial charge is 0.253 e. The molecule has 0 aliphatic carbocycles. The Morgan fingerprint density at radius 3 is 2.89 bits per heavy atom. The molecule has 0 spiro atoms. The van der Waals surface area contributed by atoms with Crippen molar-refractivity contribution in [2.24, 2.45) is 0 Å². The predicted molar refractivity (Wildman–Crippen MR) is 137 cm³/mol. The molecule has 1 aliphatic rings. The molecule has 186 valence electrons. The first-order valence-electron chi connectivity index (χ1n) is 12.2. The molecule has 0 saturated carbocycles. The van der Waals surface area contributed by atoms with Crippen LogP contribution in [0.4, 0.5) is 5.69 Å². The zero-order valence-corrected chi connectivity index (χ0v) is 19.9. The second-order valence-electron chi connectivity index (χ2n) is 9.20. The molecule has 2 atom stereocenters. The second-order valence-corrected chi connectivity index (χ2v) is 9.20. The van der Waals surface area contributed by atoms with Gasteiger partial charge in [0.25, 0.3) is 5.91 Å². The van der Waals surface area contributed by atoms with Gasteiger partial charge < -0.3 is 25.7 Å². The molecule has 1 aliphatic heterocycles. The number of imidazole rings is 1. The van der Waals surface area contributed by atoms with Gasteiger partial charge in [-0.05, 0) is 60.7 Å². The van der Waals surface area contributed by atoms with Crippen molar-refractivity contribution < 1.29 is 14.7 Å². The van der Waals surface area contributed by atoms with Gasteiger partial charge >= 0.3 is 0 Å². The molecule has 2 aromatic heterocycles. The highest BCUT2D eigenvalue weighted by Gasteiger charge is 2.31. The summed E-state index contributed by atoms with van der Waals surface area (Å²) in [4.78, 5) is 38.7. The van der Waals surface area contributed by atoms with Crippen LogP contribution >= 0.6 is 0 Å². The summed E-state index contributed by atoms with van der Waals surface area (Å²) in [5.41, 5.74) is 3.88. The number of carbonyl (C=O) groups excluding carboxylic acids is 2. The summed E-state index contributed by atoms with van der Waals surface area (Å²) in [5, 5.41) is 16.7. The Morgan fingerprint density at radius 2 is 2.06 bits per heavy atom. The van der Waals surface area contributed by atoms with E-state index in [0.717, 1.165) is 41.5 Å². The number of likely N-dealkylation sites (tertiary alicyclic amines) is 1. The lowest BCUT2D eigenvalue weighted by Gasteiger charge is -2.24. The van der Waals surface area contributed by atoms with Crippen LogP contribution in [0.5, 0.6) is 0 Å². The summed E-state index contributed by atoms with van der Waals surface area (Å²) in [6.45, 7) is 1.31. The molecular weight excluding hydrogens is 456 g/mol. The highest BCUT2D eigenvalue weighted by atomic mass is 16.3. The van der Waals surface area contributed by atoms with E-state index < -0.39 is 6.04 Å². The number of aromatic amines is 2. The molecule has 2 amide bonds. The van der Waals surface area contributed by atoms with Crippen LogP contribution in [0.3, 0.4) is 0 Å². The maximum Gasteiger partial charge on any atom is 0.253 e. The molecule has 2 aromatic carbocycles. The molecule has 0 radical (unpaired) electrons. The highest BCUT2D eigenvalue weighted by Crippen LogP contribution is 2.24. The molecule has 0 bridgehead atoms. The van der Waals surface area contributed by atoms with Crippen molar-refractivity contribution >= 4 is 28.4 Å². The number of aliphatic hydroxyl groups is 1. The molecule has 1 saturated heterocycles. The van der Waals surface area contributed by atoms with E-state index in [1.54, 1.807) is 36.8 Å². The molecule has 4 aromatic rings. The van der Waals surface area contributed by atoms with E-state index in [-0.39, 0.29) is 24.5 Å². The molecule has 3 heterocycles. The van der Waals surface area contributed by atoms with E-state index in [1.807, 2.05) is 12.3 Å². The minimum absolute atomic E-state index is 0.119. The number of carbonyl (C=O) groups is 2. The Labute approximate surface area is 208 Å². The number of nitrogens with zero attached hydrogens (tertiary/aromatic N) is 2. The van der Waals surface area contributed by atoms with Crippen molar-refractivity contribution in [3.63, 3.8) is 0 Å². The van der Waals surface area contributed by atoms with Gasteiger partial charge in [0.15, 0.2) is 0 Å². The highest BCUT2D eigenvalue weighted by molar-refractivity contribution is 6.05. The zero-order valence-electron chi connectivity index (χ0n) is 19.9. The maximum atomic E-state index is 13.3. The monoisotopic (exact) mass is 486 g/mol. The first-order valence-corrected chi connectivity index (χ1v) is 12.2. The van der Waals surface area contributed by atoms with Gasteiger partial charge in [-0.3, -0.25) is 14.5 Å². The van der Waals surface area contributed by atoms with Crippen molar-refractivity contribution in [1.82, 2.24) is 25.2 Å². The van der Waals surface area contributed by atoms with Crippen LogP contribution in [-0.4, -0.2) is 62.0 Å². The number of rotatable bonds is 9. The van der Waals surface area contributed by atoms with Gasteiger partial charge in [-0.1, -0.05) is 18.2 Å². The molecule has 9 heteroatoms. The standard InChI is InChI=1S/C27H30N6O3/c34-16-21(13-20-14-28-17-30-20)31-26(35)22-4-1-2-5-24(22)32-27(36)25-6-3-11-33(25)15-18-7-8-23-19(12-18)9-10-29-23/h1-2,4-5,7-10,12,14,17,21,25,29,34H,3,6,11,13,15-16H2,(H,28,30)(H,31,35)(H,32,36)/t21-,25-/m0/s1. The van der Waals surface area contributed by atoms with Gasteiger partial charge in [-0.15, -0.1) is 0 Å². The lowest BCUT2D eigenvalue weighted by atomic mass is 10.1. The number of anilines is 1. The molecule has 0 unspecified atom stereocenters. The largest absolute Gasteiger partial charge is 0.394 e. The third-order valence-corrected chi connectivity index (χ3v) is 6.68. The van der Waals surface area contributed by atoms with E-state index in [0.29, 0.717) is 24.2 Å². The third kappa shape index (κ3) is 5.32. The fraction of sp³-hybridized carbons (Fsp3) is 0.296. The Morgan fingerprint density at radius 1 is 1.17 bits per heavy atom. The fourth-order valence-electron chi connectivity index (χ4n) is 4.84. The number of para-hydroxylation sites is 1. The van der Waals surface area contributed by atoms with Gasteiger partial charge in [-0.2, -0.15) is 0 Å². The summed E-state index contributed by atoms with van der Waals surface area (Å²) >= 11 is 0. The van der Waals surface area contributed by atoms with E-state index in [1.165, 1.54) is 0 Å². The SMILES string of the molecule is O=C(N[C@H](CO)Cc1cnc[nH]1)c1ccccc1NC(=O)[C@@H]1CCCN1Cc1ccc2[nH]ccc2c1. The number of amides is 2.